The summed E-state index contributed by atoms with van der Waals surface area (Å²) < 4.78 is 0. The van der Waals surface area contributed by atoms with Crippen LogP contribution in [0.2, 0.25) is 0 Å². The van der Waals surface area contributed by atoms with Crippen LogP contribution in [0, 0.1) is 17.3 Å². The van der Waals surface area contributed by atoms with E-state index in [2.05, 4.69) is 56.4 Å². The lowest BCUT2D eigenvalue weighted by molar-refractivity contribution is -0.139. The van der Waals surface area contributed by atoms with Gasteiger partial charge < -0.3 is 10.4 Å². The molecule has 5 fully saturated rings. The minimum Gasteiger partial charge on any atom is -0.481 e. The molecule has 36 heavy (non-hydrogen) atoms. The van der Waals surface area contributed by atoms with Crippen LogP contribution in [0.3, 0.4) is 0 Å². The zero-order valence-electron chi connectivity index (χ0n) is 20.9. The maximum absolute atomic E-state index is 12.8. The van der Waals surface area contributed by atoms with E-state index in [1.807, 2.05) is 0 Å². The average Bonchev–Trinajstić information content (AvgIpc) is 3.59. The Kier molecular flexibility index (Phi) is 6.66. The number of rotatable bonds is 6. The number of anilines is 1. The molecule has 5 aliphatic rings. The monoisotopic (exact) mass is 496 g/mol. The Hall–Kier alpha value is -2.20. The lowest BCUT2D eigenvalue weighted by atomic mass is 9.76. The smallest absolute Gasteiger partial charge is 0.307 e. The van der Waals surface area contributed by atoms with E-state index < -0.39 is 5.97 Å². The van der Waals surface area contributed by atoms with Gasteiger partial charge in [-0.1, -0.05) is 31.4 Å². The zero-order chi connectivity index (χ0) is 24.7. The van der Waals surface area contributed by atoms with E-state index in [9.17, 15) is 14.7 Å². The third-order valence-electron chi connectivity index (χ3n) is 9.54. The molecule has 196 valence electrons. The maximum atomic E-state index is 12.8. The predicted octanol–water partition coefficient (Wildman–Crippen LogP) is 2.19. The fraction of sp³-hybridized carbons (Fsp3) is 0.704. The highest BCUT2D eigenvalue weighted by Gasteiger charge is 2.58. The first-order chi connectivity index (χ1) is 17.5. The van der Waals surface area contributed by atoms with Gasteiger partial charge in [-0.15, -0.1) is 0 Å². The van der Waals surface area contributed by atoms with Crippen molar-refractivity contribution in [2.75, 3.05) is 11.9 Å². The molecule has 0 bridgehead atoms. The highest BCUT2D eigenvalue weighted by molar-refractivity contribution is 5.81. The molecule has 0 radical (unpaired) electrons. The topological polar surface area (TPSA) is 127 Å². The van der Waals surface area contributed by atoms with E-state index in [1.54, 1.807) is 0 Å². The Labute approximate surface area is 212 Å². The van der Waals surface area contributed by atoms with E-state index in [1.165, 1.54) is 37.7 Å². The average molecular weight is 497 g/mol. The molecular formula is C27H40N6O3. The number of hydrogen-bond acceptors (Lipinski definition) is 7. The molecule has 3 aliphatic carbocycles. The van der Waals surface area contributed by atoms with E-state index in [0.29, 0.717) is 18.5 Å². The Morgan fingerprint density at radius 3 is 2.44 bits per heavy atom. The second kappa shape index (κ2) is 9.93. The number of hydrogen-bond donors (Lipinski definition) is 7. The summed E-state index contributed by atoms with van der Waals surface area (Å²) in [5.41, 5.74) is 8.24. The quantitative estimate of drug-likeness (QED) is 0.320. The molecule has 1 aromatic carbocycles. The summed E-state index contributed by atoms with van der Waals surface area (Å²) in [4.78, 5) is 24.1. The van der Waals surface area contributed by atoms with Gasteiger partial charge in [0.15, 0.2) is 0 Å². The first-order valence-electron chi connectivity index (χ1n) is 13.9. The van der Waals surface area contributed by atoms with E-state index >= 15 is 0 Å². The van der Waals surface area contributed by atoms with Crippen LogP contribution in [0.15, 0.2) is 24.3 Å². The SMILES string of the molecule is O=C1NNCC2NC(NC3CCCCC3)NC(Nc3ccc(C4CCC5(CC4)CC5C(=O)O)cc3)C12. The largest absolute Gasteiger partial charge is 0.481 e. The second-order valence-corrected chi connectivity index (χ2v) is 11.7. The van der Waals surface area contributed by atoms with Crippen molar-refractivity contribution in [2.24, 2.45) is 17.3 Å². The van der Waals surface area contributed by atoms with Gasteiger partial charge in [-0.3, -0.25) is 31.0 Å². The number of benzene rings is 1. The summed E-state index contributed by atoms with van der Waals surface area (Å²) >= 11 is 0. The normalized spacial score (nSPS) is 38.7. The van der Waals surface area contributed by atoms with Gasteiger partial charge >= 0.3 is 5.97 Å². The van der Waals surface area contributed by atoms with Crippen LogP contribution in [0.25, 0.3) is 0 Å². The van der Waals surface area contributed by atoms with Gasteiger partial charge in [0, 0.05) is 24.3 Å². The maximum Gasteiger partial charge on any atom is 0.307 e. The number of hydrazine groups is 1. The van der Waals surface area contributed by atoms with Crippen LogP contribution in [0.4, 0.5) is 5.69 Å². The lowest BCUT2D eigenvalue weighted by Gasteiger charge is -2.46. The van der Waals surface area contributed by atoms with Gasteiger partial charge in [-0.25, -0.2) is 5.43 Å². The number of fused-ring (bicyclic) bond motifs is 1. The fourth-order valence-electron chi connectivity index (χ4n) is 7.27. The van der Waals surface area contributed by atoms with Gasteiger partial charge in [0.25, 0.3) is 0 Å². The standard InChI is InChI=1S/C27H40N6O3/c34-24-22-21(15-28-33-24)31-26(30-18-4-2-1-3-5-18)32-23(22)29-19-8-6-16(7-9-19)17-10-12-27(13-11-17)14-20(27)25(35)36/h6-9,17-18,20-23,26,28-32H,1-5,10-15H2,(H,33,34)(H,35,36). The van der Waals surface area contributed by atoms with Gasteiger partial charge in [0.2, 0.25) is 5.91 Å². The second-order valence-electron chi connectivity index (χ2n) is 11.7. The summed E-state index contributed by atoms with van der Waals surface area (Å²) in [6.45, 7) is 0.684. The van der Waals surface area contributed by atoms with Crippen LogP contribution < -0.4 is 32.1 Å². The summed E-state index contributed by atoms with van der Waals surface area (Å²) in [5.74, 6) is -0.468. The summed E-state index contributed by atoms with van der Waals surface area (Å²) in [6, 6.07) is 9.18. The zero-order valence-corrected chi connectivity index (χ0v) is 20.9. The molecule has 2 aliphatic heterocycles. The highest BCUT2D eigenvalue weighted by Crippen LogP contribution is 2.63. The third kappa shape index (κ3) is 4.86. The van der Waals surface area contributed by atoms with E-state index in [-0.39, 0.29) is 41.7 Å². The van der Waals surface area contributed by atoms with Crippen molar-refractivity contribution >= 4 is 17.6 Å². The number of carbonyl (C=O) groups is 2. The molecule has 9 nitrogen and oxygen atoms in total. The van der Waals surface area contributed by atoms with Gasteiger partial charge in [-0.05, 0) is 74.0 Å². The fourth-order valence-corrected chi connectivity index (χ4v) is 7.27. The Balaban J connectivity index is 1.09. The molecule has 2 heterocycles. The number of aliphatic carboxylic acids is 1. The summed E-state index contributed by atoms with van der Waals surface area (Å²) in [5, 5.41) is 23.9. The van der Waals surface area contributed by atoms with Crippen LogP contribution in [0.1, 0.15) is 75.7 Å². The lowest BCUT2D eigenvalue weighted by Crippen LogP contribution is -2.77. The molecule has 0 aromatic heterocycles. The van der Waals surface area contributed by atoms with Crippen molar-refractivity contribution in [3.63, 3.8) is 0 Å². The number of amides is 1. The molecule has 7 N–H and O–H groups in total. The molecule has 6 rings (SSSR count). The number of carboxylic acids is 1. The Bertz CT molecular complexity index is 957. The summed E-state index contributed by atoms with van der Waals surface area (Å²) in [6.07, 6.45) is 11.1. The van der Waals surface area contributed by atoms with Crippen molar-refractivity contribution in [1.29, 1.82) is 0 Å². The van der Waals surface area contributed by atoms with Gasteiger partial charge in [-0.2, -0.15) is 0 Å². The highest BCUT2D eigenvalue weighted by atomic mass is 16.4. The first-order valence-corrected chi connectivity index (χ1v) is 13.9. The number of nitrogens with one attached hydrogen (secondary N) is 6. The minimum atomic E-state index is -0.615. The molecule has 1 aromatic rings. The van der Waals surface area contributed by atoms with Crippen molar-refractivity contribution in [3.8, 4) is 0 Å². The summed E-state index contributed by atoms with van der Waals surface area (Å²) in [7, 11) is 0. The van der Waals surface area contributed by atoms with Crippen LogP contribution in [0.5, 0.6) is 0 Å². The molecule has 1 spiro atoms. The van der Waals surface area contributed by atoms with Crippen molar-refractivity contribution < 1.29 is 14.7 Å². The van der Waals surface area contributed by atoms with Crippen LogP contribution >= 0.6 is 0 Å². The Morgan fingerprint density at radius 1 is 1.00 bits per heavy atom. The molecular weight excluding hydrogens is 456 g/mol. The minimum absolute atomic E-state index is 0.00707. The number of carboxylic acid groups (broad SMARTS) is 1. The third-order valence-corrected chi connectivity index (χ3v) is 9.54. The van der Waals surface area contributed by atoms with E-state index in [4.69, 9.17) is 0 Å². The van der Waals surface area contributed by atoms with Gasteiger partial charge in [0.05, 0.1) is 18.0 Å². The molecule has 3 saturated carbocycles. The van der Waals surface area contributed by atoms with Crippen LogP contribution in [-0.4, -0.2) is 48.1 Å². The van der Waals surface area contributed by atoms with E-state index in [0.717, 1.165) is 37.8 Å². The molecule has 9 heteroatoms. The Morgan fingerprint density at radius 2 is 1.75 bits per heavy atom. The van der Waals surface area contributed by atoms with Crippen molar-refractivity contribution in [1.82, 2.24) is 26.8 Å². The molecule has 5 atom stereocenters. The molecule has 5 unspecified atom stereocenters. The number of carbonyl (C=O) groups excluding carboxylic acids is 1. The van der Waals surface area contributed by atoms with Crippen molar-refractivity contribution in [2.45, 2.75) is 94.7 Å². The van der Waals surface area contributed by atoms with Crippen LogP contribution in [-0.2, 0) is 9.59 Å². The molecule has 1 amide bonds. The van der Waals surface area contributed by atoms with Gasteiger partial charge in [0.1, 0.15) is 6.29 Å². The first kappa shape index (κ1) is 24.2. The molecule has 2 saturated heterocycles. The predicted molar refractivity (Wildman–Crippen MR) is 137 cm³/mol. The van der Waals surface area contributed by atoms with Crippen molar-refractivity contribution in [3.05, 3.63) is 29.8 Å².